The SMILES string of the molecule is C=c1ccc(=C(c2ccc(N(c3ccccc3)c3ccccc3)cc2)c2ccc(NC)c3ccccc23)cc1. The minimum atomic E-state index is 1.00. The molecule has 2 heteroatoms. The lowest BCUT2D eigenvalue weighted by molar-refractivity contribution is 1.28. The molecular weight excluding hydrogens is 472 g/mol. The van der Waals surface area contributed by atoms with Crippen molar-refractivity contribution in [2.75, 3.05) is 17.3 Å². The molecule has 2 nitrogen and oxygen atoms in total. The zero-order chi connectivity index (χ0) is 26.6. The fraction of sp³-hybridized carbons (Fsp3) is 0.0270. The molecule has 0 radical (unpaired) electrons. The van der Waals surface area contributed by atoms with E-state index in [1.54, 1.807) is 0 Å². The molecule has 6 aromatic rings. The Morgan fingerprint density at radius 1 is 0.538 bits per heavy atom. The zero-order valence-corrected chi connectivity index (χ0v) is 22.0. The van der Waals surface area contributed by atoms with Crippen molar-refractivity contribution in [2.24, 2.45) is 0 Å². The quantitative estimate of drug-likeness (QED) is 0.248. The normalized spacial score (nSPS) is 10.8. The molecule has 0 aliphatic carbocycles. The van der Waals surface area contributed by atoms with Gasteiger partial charge in [-0.05, 0) is 75.0 Å². The lowest BCUT2D eigenvalue weighted by atomic mass is 9.90. The first-order chi connectivity index (χ1) is 19.2. The molecule has 0 heterocycles. The largest absolute Gasteiger partial charge is 0.388 e. The van der Waals surface area contributed by atoms with Gasteiger partial charge in [-0.1, -0.05) is 110 Å². The summed E-state index contributed by atoms with van der Waals surface area (Å²) in [7, 11) is 1.98. The lowest BCUT2D eigenvalue weighted by Crippen LogP contribution is -2.12. The Morgan fingerprint density at radius 2 is 1.08 bits per heavy atom. The number of fused-ring (bicyclic) bond motifs is 1. The van der Waals surface area contributed by atoms with Gasteiger partial charge in [0.25, 0.3) is 0 Å². The smallest absolute Gasteiger partial charge is 0.0462 e. The molecule has 0 atom stereocenters. The van der Waals surface area contributed by atoms with Gasteiger partial charge >= 0.3 is 0 Å². The summed E-state index contributed by atoms with van der Waals surface area (Å²) >= 11 is 0. The van der Waals surface area contributed by atoms with Gasteiger partial charge in [0, 0.05) is 35.2 Å². The van der Waals surface area contributed by atoms with Crippen LogP contribution in [0.2, 0.25) is 0 Å². The van der Waals surface area contributed by atoms with Crippen LogP contribution in [0.15, 0.2) is 146 Å². The molecule has 0 aromatic heterocycles. The van der Waals surface area contributed by atoms with Crippen LogP contribution >= 0.6 is 0 Å². The number of hydrogen-bond donors (Lipinski definition) is 1. The van der Waals surface area contributed by atoms with Crippen LogP contribution in [-0.4, -0.2) is 7.05 Å². The van der Waals surface area contributed by atoms with Crippen molar-refractivity contribution in [1.82, 2.24) is 0 Å². The van der Waals surface area contributed by atoms with E-state index < -0.39 is 0 Å². The summed E-state index contributed by atoms with van der Waals surface area (Å²) in [5.41, 5.74) is 8.06. The minimum absolute atomic E-state index is 1.00. The Balaban J connectivity index is 1.54. The summed E-state index contributed by atoms with van der Waals surface area (Å²) in [5, 5.41) is 7.95. The highest BCUT2D eigenvalue weighted by Crippen LogP contribution is 2.36. The molecule has 0 aliphatic rings. The second kappa shape index (κ2) is 10.7. The molecule has 1 N–H and O–H groups in total. The van der Waals surface area contributed by atoms with Crippen molar-refractivity contribution in [3.05, 3.63) is 167 Å². The summed E-state index contributed by atoms with van der Waals surface area (Å²) in [6.45, 7) is 4.10. The lowest BCUT2D eigenvalue weighted by Gasteiger charge is -2.25. The summed E-state index contributed by atoms with van der Waals surface area (Å²) < 4.78 is 0. The number of anilines is 4. The van der Waals surface area contributed by atoms with Gasteiger partial charge in [0.15, 0.2) is 0 Å². The molecule has 6 rings (SSSR count). The van der Waals surface area contributed by atoms with Crippen molar-refractivity contribution >= 4 is 45.7 Å². The number of benzene rings is 6. The maximum absolute atomic E-state index is 4.10. The number of hydrogen-bond acceptors (Lipinski definition) is 2. The first-order valence-corrected chi connectivity index (χ1v) is 13.2. The van der Waals surface area contributed by atoms with Gasteiger partial charge in [-0.15, -0.1) is 0 Å². The predicted molar refractivity (Wildman–Crippen MR) is 167 cm³/mol. The van der Waals surface area contributed by atoms with E-state index in [-0.39, 0.29) is 0 Å². The second-order valence-corrected chi connectivity index (χ2v) is 9.58. The van der Waals surface area contributed by atoms with E-state index in [1.807, 2.05) is 7.05 Å². The molecule has 39 heavy (non-hydrogen) atoms. The van der Waals surface area contributed by atoms with E-state index in [0.717, 1.165) is 28.0 Å². The standard InChI is InChI=1S/C37H30N2/c1-27-17-19-28(20-18-27)37(35-25-26-36(38-2)34-16-10-9-15-33(34)35)29-21-23-32(24-22-29)39(30-11-5-3-6-12-30)31-13-7-4-8-14-31/h3-26,38H,1H2,2H3. The number of rotatable bonds is 6. The van der Waals surface area contributed by atoms with E-state index >= 15 is 0 Å². The van der Waals surface area contributed by atoms with E-state index in [9.17, 15) is 0 Å². The van der Waals surface area contributed by atoms with Crippen molar-refractivity contribution in [2.45, 2.75) is 0 Å². The Hall–Kier alpha value is -5.08. The maximum atomic E-state index is 4.10. The molecule has 0 unspecified atom stereocenters. The van der Waals surface area contributed by atoms with Crippen LogP contribution in [-0.2, 0) is 0 Å². The Morgan fingerprint density at radius 3 is 1.67 bits per heavy atom. The van der Waals surface area contributed by atoms with E-state index in [4.69, 9.17) is 0 Å². The minimum Gasteiger partial charge on any atom is -0.388 e. The zero-order valence-electron chi connectivity index (χ0n) is 22.0. The molecule has 6 aromatic carbocycles. The monoisotopic (exact) mass is 502 g/mol. The van der Waals surface area contributed by atoms with Crippen molar-refractivity contribution < 1.29 is 0 Å². The van der Waals surface area contributed by atoms with Gasteiger partial charge in [0.1, 0.15) is 0 Å². The maximum Gasteiger partial charge on any atom is 0.0462 e. The van der Waals surface area contributed by atoms with Gasteiger partial charge in [-0.25, -0.2) is 0 Å². The van der Waals surface area contributed by atoms with Crippen LogP contribution in [0.4, 0.5) is 22.7 Å². The molecule has 0 bridgehead atoms. The highest BCUT2D eigenvalue weighted by molar-refractivity contribution is 6.03. The van der Waals surface area contributed by atoms with Crippen LogP contribution in [0.25, 0.3) is 22.9 Å². The molecule has 0 aliphatic heterocycles. The fourth-order valence-electron chi connectivity index (χ4n) is 5.26. The van der Waals surface area contributed by atoms with Crippen molar-refractivity contribution in [3.63, 3.8) is 0 Å². The van der Waals surface area contributed by atoms with Gasteiger partial charge in [0.2, 0.25) is 0 Å². The first-order valence-electron chi connectivity index (χ1n) is 13.2. The molecular formula is C37H30N2. The Kier molecular flexibility index (Phi) is 6.67. The number of nitrogens with one attached hydrogen (secondary N) is 1. The molecule has 0 saturated heterocycles. The average Bonchev–Trinajstić information content (AvgIpc) is 3.00. The van der Waals surface area contributed by atoms with Gasteiger partial charge in [-0.2, -0.15) is 0 Å². The van der Waals surface area contributed by atoms with Gasteiger partial charge in [-0.3, -0.25) is 0 Å². The van der Waals surface area contributed by atoms with E-state index in [2.05, 4.69) is 162 Å². The Bertz CT molecular complexity index is 1780. The van der Waals surface area contributed by atoms with Crippen LogP contribution in [0, 0.1) is 0 Å². The highest BCUT2D eigenvalue weighted by Gasteiger charge is 2.15. The van der Waals surface area contributed by atoms with Crippen LogP contribution < -0.4 is 20.7 Å². The topological polar surface area (TPSA) is 15.3 Å². The van der Waals surface area contributed by atoms with E-state index in [0.29, 0.717) is 0 Å². The number of nitrogens with zero attached hydrogens (tertiary/aromatic N) is 1. The predicted octanol–water partition coefficient (Wildman–Crippen LogP) is 8.01. The van der Waals surface area contributed by atoms with Gasteiger partial charge in [0.05, 0.1) is 0 Å². The third-order valence-electron chi connectivity index (χ3n) is 7.15. The summed E-state index contributed by atoms with van der Waals surface area (Å²) in [4.78, 5) is 2.29. The summed E-state index contributed by atoms with van der Waals surface area (Å²) in [6, 6.07) is 51.5. The Labute approximate surface area is 229 Å². The number of para-hydroxylation sites is 2. The van der Waals surface area contributed by atoms with Crippen molar-refractivity contribution in [3.8, 4) is 0 Å². The van der Waals surface area contributed by atoms with Crippen LogP contribution in [0.5, 0.6) is 0 Å². The average molecular weight is 503 g/mol. The van der Waals surface area contributed by atoms with Crippen molar-refractivity contribution in [1.29, 1.82) is 0 Å². The van der Waals surface area contributed by atoms with Gasteiger partial charge < -0.3 is 10.2 Å². The molecule has 0 fully saturated rings. The third-order valence-corrected chi connectivity index (χ3v) is 7.15. The molecule has 0 amide bonds. The van der Waals surface area contributed by atoms with E-state index in [1.165, 1.54) is 32.7 Å². The first kappa shape index (κ1) is 24.3. The summed E-state index contributed by atoms with van der Waals surface area (Å²) in [6.07, 6.45) is 0. The molecule has 0 spiro atoms. The van der Waals surface area contributed by atoms with Crippen LogP contribution in [0.1, 0.15) is 11.1 Å². The third kappa shape index (κ3) is 4.81. The fourth-order valence-corrected chi connectivity index (χ4v) is 5.26. The highest BCUT2D eigenvalue weighted by atomic mass is 15.1. The second-order valence-electron chi connectivity index (χ2n) is 9.58. The summed E-state index contributed by atoms with van der Waals surface area (Å²) in [5.74, 6) is 0. The molecule has 188 valence electrons. The van der Waals surface area contributed by atoms with Crippen LogP contribution in [0.3, 0.4) is 0 Å². The molecule has 0 saturated carbocycles.